The molecule has 0 spiro atoms. The molecule has 1 heterocycles. The molecule has 0 aliphatic carbocycles. The Balaban J connectivity index is 2.46. The van der Waals surface area contributed by atoms with Crippen LogP contribution in [0.4, 0.5) is 13.2 Å². The molecule has 1 aromatic heterocycles. The standard InChI is InChI=1S/C11H19F3N4O/c1-3-5-18-10(7-16-17-18)9(15-2)4-6-19-8-11(12,13)14/h7,9,15H,3-6,8H2,1-2H3. The van der Waals surface area contributed by atoms with Crippen molar-refractivity contribution in [3.8, 4) is 0 Å². The van der Waals surface area contributed by atoms with Crippen LogP contribution < -0.4 is 5.32 Å². The van der Waals surface area contributed by atoms with Crippen LogP contribution in [-0.4, -0.2) is 41.4 Å². The van der Waals surface area contributed by atoms with Gasteiger partial charge in [-0.1, -0.05) is 12.1 Å². The lowest BCUT2D eigenvalue weighted by molar-refractivity contribution is -0.174. The Labute approximate surface area is 110 Å². The van der Waals surface area contributed by atoms with E-state index in [0.717, 1.165) is 18.7 Å². The minimum Gasteiger partial charge on any atom is -0.372 e. The normalized spacial score (nSPS) is 13.7. The summed E-state index contributed by atoms with van der Waals surface area (Å²) >= 11 is 0. The van der Waals surface area contributed by atoms with Gasteiger partial charge in [-0.15, -0.1) is 5.10 Å². The summed E-state index contributed by atoms with van der Waals surface area (Å²) in [5.41, 5.74) is 0.861. The van der Waals surface area contributed by atoms with Gasteiger partial charge in [-0.2, -0.15) is 13.2 Å². The number of hydrogen-bond acceptors (Lipinski definition) is 4. The van der Waals surface area contributed by atoms with E-state index in [0.29, 0.717) is 6.42 Å². The first kappa shape index (κ1) is 15.9. The second kappa shape index (κ2) is 7.44. The van der Waals surface area contributed by atoms with Gasteiger partial charge in [-0.05, 0) is 19.9 Å². The molecule has 5 nitrogen and oxygen atoms in total. The van der Waals surface area contributed by atoms with E-state index in [4.69, 9.17) is 0 Å². The van der Waals surface area contributed by atoms with Gasteiger partial charge < -0.3 is 10.1 Å². The van der Waals surface area contributed by atoms with Crippen molar-refractivity contribution in [3.63, 3.8) is 0 Å². The van der Waals surface area contributed by atoms with E-state index >= 15 is 0 Å². The van der Waals surface area contributed by atoms with Gasteiger partial charge in [0.2, 0.25) is 0 Å². The molecule has 110 valence electrons. The summed E-state index contributed by atoms with van der Waals surface area (Å²) < 4.78 is 42.2. The minimum absolute atomic E-state index is 0.0301. The number of aryl methyl sites for hydroxylation is 1. The first-order valence-electron chi connectivity index (χ1n) is 6.18. The number of nitrogens with one attached hydrogen (secondary N) is 1. The summed E-state index contributed by atoms with van der Waals surface area (Å²) in [4.78, 5) is 0. The highest BCUT2D eigenvalue weighted by Gasteiger charge is 2.27. The Kier molecular flexibility index (Phi) is 6.23. The average Bonchev–Trinajstić information content (AvgIpc) is 2.77. The van der Waals surface area contributed by atoms with E-state index in [9.17, 15) is 13.2 Å². The lowest BCUT2D eigenvalue weighted by Gasteiger charge is -2.17. The first-order chi connectivity index (χ1) is 8.98. The topological polar surface area (TPSA) is 52.0 Å². The highest BCUT2D eigenvalue weighted by Crippen LogP contribution is 2.18. The van der Waals surface area contributed by atoms with Crippen molar-refractivity contribution >= 4 is 0 Å². The van der Waals surface area contributed by atoms with Crippen LogP contribution in [0.1, 0.15) is 31.5 Å². The zero-order valence-corrected chi connectivity index (χ0v) is 11.1. The van der Waals surface area contributed by atoms with Gasteiger partial charge in [0.1, 0.15) is 6.61 Å². The predicted octanol–water partition coefficient (Wildman–Crippen LogP) is 1.92. The third-order valence-corrected chi connectivity index (χ3v) is 2.61. The van der Waals surface area contributed by atoms with Gasteiger partial charge >= 0.3 is 6.18 Å². The quantitative estimate of drug-likeness (QED) is 0.739. The van der Waals surface area contributed by atoms with Crippen LogP contribution in [0.3, 0.4) is 0 Å². The van der Waals surface area contributed by atoms with Crippen molar-refractivity contribution in [3.05, 3.63) is 11.9 Å². The number of aromatic nitrogens is 3. The monoisotopic (exact) mass is 280 g/mol. The SMILES string of the molecule is CCCn1nncc1C(CCOCC(F)(F)F)NC. The van der Waals surface area contributed by atoms with Crippen molar-refractivity contribution in [2.75, 3.05) is 20.3 Å². The van der Waals surface area contributed by atoms with Crippen LogP contribution in [0.15, 0.2) is 6.20 Å². The number of halogens is 3. The summed E-state index contributed by atoms with van der Waals surface area (Å²) in [5.74, 6) is 0. The molecule has 19 heavy (non-hydrogen) atoms. The first-order valence-corrected chi connectivity index (χ1v) is 6.18. The molecule has 0 radical (unpaired) electrons. The van der Waals surface area contributed by atoms with Crippen LogP contribution in [0.2, 0.25) is 0 Å². The second-order valence-electron chi connectivity index (χ2n) is 4.18. The van der Waals surface area contributed by atoms with E-state index in [1.54, 1.807) is 17.9 Å². The van der Waals surface area contributed by atoms with Crippen LogP contribution in [-0.2, 0) is 11.3 Å². The van der Waals surface area contributed by atoms with Crippen molar-refractivity contribution in [1.29, 1.82) is 0 Å². The molecular formula is C11H19F3N4O. The van der Waals surface area contributed by atoms with E-state index in [1.165, 1.54) is 0 Å². The van der Waals surface area contributed by atoms with Gasteiger partial charge in [0.05, 0.1) is 17.9 Å². The zero-order valence-electron chi connectivity index (χ0n) is 11.1. The van der Waals surface area contributed by atoms with Crippen LogP contribution >= 0.6 is 0 Å². The molecule has 0 aliphatic heterocycles. The minimum atomic E-state index is -4.28. The average molecular weight is 280 g/mol. The second-order valence-corrected chi connectivity index (χ2v) is 4.18. The lowest BCUT2D eigenvalue weighted by Crippen LogP contribution is -2.23. The third-order valence-electron chi connectivity index (χ3n) is 2.61. The third kappa shape index (κ3) is 5.56. The number of ether oxygens (including phenoxy) is 1. The largest absolute Gasteiger partial charge is 0.411 e. The summed E-state index contributed by atoms with van der Waals surface area (Å²) in [7, 11) is 1.75. The molecule has 0 amide bonds. The smallest absolute Gasteiger partial charge is 0.372 e. The molecule has 0 saturated carbocycles. The molecule has 0 bridgehead atoms. The summed E-state index contributed by atoms with van der Waals surface area (Å²) in [6, 6.07) is -0.116. The van der Waals surface area contributed by atoms with Gasteiger partial charge in [0, 0.05) is 13.2 Å². The van der Waals surface area contributed by atoms with E-state index in [-0.39, 0.29) is 12.6 Å². The van der Waals surface area contributed by atoms with Gasteiger partial charge in [0.15, 0.2) is 0 Å². The maximum Gasteiger partial charge on any atom is 0.411 e. The Bertz CT molecular complexity index is 367. The van der Waals surface area contributed by atoms with Gasteiger partial charge in [0.25, 0.3) is 0 Å². The number of alkyl halides is 3. The van der Waals surface area contributed by atoms with E-state index in [1.807, 2.05) is 6.92 Å². The fraction of sp³-hybridized carbons (Fsp3) is 0.818. The Morgan fingerprint density at radius 1 is 1.47 bits per heavy atom. The molecule has 1 rings (SSSR count). The highest BCUT2D eigenvalue weighted by atomic mass is 19.4. The summed E-state index contributed by atoms with van der Waals surface area (Å²) in [5, 5.41) is 10.8. The molecule has 0 aromatic carbocycles. The number of hydrogen-bond donors (Lipinski definition) is 1. The van der Waals surface area contributed by atoms with Crippen LogP contribution in [0, 0.1) is 0 Å². The number of rotatable bonds is 8. The Hall–Kier alpha value is -1.15. The number of nitrogens with zero attached hydrogens (tertiary/aromatic N) is 3. The van der Waals surface area contributed by atoms with E-state index in [2.05, 4.69) is 20.4 Å². The van der Waals surface area contributed by atoms with Gasteiger partial charge in [-0.25, -0.2) is 4.68 Å². The molecule has 1 unspecified atom stereocenters. The Morgan fingerprint density at radius 3 is 2.79 bits per heavy atom. The van der Waals surface area contributed by atoms with Crippen molar-refractivity contribution in [2.24, 2.45) is 0 Å². The molecule has 0 fully saturated rings. The molecular weight excluding hydrogens is 261 g/mol. The van der Waals surface area contributed by atoms with Crippen LogP contribution in [0.5, 0.6) is 0 Å². The molecule has 0 aliphatic rings. The highest BCUT2D eigenvalue weighted by molar-refractivity contribution is 5.01. The van der Waals surface area contributed by atoms with E-state index < -0.39 is 12.8 Å². The van der Waals surface area contributed by atoms with Crippen molar-refractivity contribution < 1.29 is 17.9 Å². The maximum atomic E-state index is 11.9. The fourth-order valence-electron chi connectivity index (χ4n) is 1.75. The van der Waals surface area contributed by atoms with Crippen molar-refractivity contribution in [1.82, 2.24) is 20.3 Å². The predicted molar refractivity (Wildman–Crippen MR) is 63.6 cm³/mol. The zero-order chi connectivity index (χ0) is 14.3. The Morgan fingerprint density at radius 2 is 2.21 bits per heavy atom. The van der Waals surface area contributed by atoms with Crippen LogP contribution in [0.25, 0.3) is 0 Å². The molecule has 1 atom stereocenters. The molecule has 8 heteroatoms. The summed E-state index contributed by atoms with van der Waals surface area (Å²) in [6.45, 7) is 1.57. The molecule has 1 N–H and O–H groups in total. The van der Waals surface area contributed by atoms with Crippen molar-refractivity contribution in [2.45, 2.75) is 38.5 Å². The molecule has 0 saturated heterocycles. The fourth-order valence-corrected chi connectivity index (χ4v) is 1.75. The maximum absolute atomic E-state index is 11.9. The summed E-state index contributed by atoms with van der Waals surface area (Å²) in [6.07, 6.45) is -1.30. The van der Waals surface area contributed by atoms with Gasteiger partial charge in [-0.3, -0.25) is 0 Å². The molecule has 1 aromatic rings. The lowest BCUT2D eigenvalue weighted by atomic mass is 10.1.